The highest BCUT2D eigenvalue weighted by Gasteiger charge is 2.36. The van der Waals surface area contributed by atoms with Gasteiger partial charge in [-0.15, -0.1) is 0 Å². The van der Waals surface area contributed by atoms with E-state index in [1.807, 2.05) is 4.90 Å². The van der Waals surface area contributed by atoms with E-state index in [1.165, 1.54) is 12.1 Å². The Morgan fingerprint density at radius 2 is 2.05 bits per heavy atom. The summed E-state index contributed by atoms with van der Waals surface area (Å²) in [5, 5.41) is 13.5. The molecular weight excluding hydrogens is 249 g/mol. The number of halogens is 1. The normalized spacial score (nSPS) is 18.3. The van der Waals surface area contributed by atoms with Crippen LogP contribution in [-0.2, 0) is 6.54 Å². The number of likely N-dealkylation sites (tertiary alicyclic amines) is 1. The zero-order valence-corrected chi connectivity index (χ0v) is 10.5. The quantitative estimate of drug-likeness (QED) is 0.908. The fourth-order valence-electron chi connectivity index (χ4n) is 2.26. The van der Waals surface area contributed by atoms with Gasteiger partial charge in [0.25, 0.3) is 5.89 Å². The van der Waals surface area contributed by atoms with Gasteiger partial charge in [-0.2, -0.15) is 4.98 Å². The van der Waals surface area contributed by atoms with Gasteiger partial charge in [0.1, 0.15) is 5.82 Å². The fraction of sp³-hybridized carbons (Fsp3) is 0.385. The lowest BCUT2D eigenvalue weighted by molar-refractivity contribution is -0.0882. The second kappa shape index (κ2) is 4.40. The van der Waals surface area contributed by atoms with Crippen LogP contribution in [0.3, 0.4) is 0 Å². The Labute approximate surface area is 109 Å². The molecule has 0 spiro atoms. The number of β-amino-alcohol motifs (C(OH)–C–C–N with tert-alkyl or cyclic N) is 1. The van der Waals surface area contributed by atoms with Crippen LogP contribution in [0.25, 0.3) is 11.5 Å². The van der Waals surface area contributed by atoms with Gasteiger partial charge in [0, 0.05) is 18.7 Å². The lowest BCUT2D eigenvalue weighted by Crippen LogP contribution is -2.59. The zero-order chi connectivity index (χ0) is 13.5. The predicted molar refractivity (Wildman–Crippen MR) is 65.6 cm³/mol. The van der Waals surface area contributed by atoms with Crippen molar-refractivity contribution in [2.75, 3.05) is 13.1 Å². The van der Waals surface area contributed by atoms with Crippen molar-refractivity contribution in [3.63, 3.8) is 0 Å². The van der Waals surface area contributed by atoms with Crippen LogP contribution >= 0.6 is 0 Å². The third-order valence-corrected chi connectivity index (χ3v) is 3.05. The topological polar surface area (TPSA) is 62.4 Å². The largest absolute Gasteiger partial charge is 0.388 e. The number of rotatable bonds is 3. The van der Waals surface area contributed by atoms with Crippen LogP contribution in [0.15, 0.2) is 28.8 Å². The summed E-state index contributed by atoms with van der Waals surface area (Å²) in [4.78, 5) is 6.28. The molecule has 1 fully saturated rings. The number of aliphatic hydroxyl groups is 1. The summed E-state index contributed by atoms with van der Waals surface area (Å²) in [6, 6.07) is 5.90. The van der Waals surface area contributed by atoms with Gasteiger partial charge < -0.3 is 9.63 Å². The van der Waals surface area contributed by atoms with Crippen molar-refractivity contribution in [3.05, 3.63) is 35.9 Å². The molecule has 1 aromatic carbocycles. The summed E-state index contributed by atoms with van der Waals surface area (Å²) in [6.07, 6.45) is 0. The van der Waals surface area contributed by atoms with Crippen molar-refractivity contribution in [1.29, 1.82) is 0 Å². The van der Waals surface area contributed by atoms with Crippen molar-refractivity contribution in [3.8, 4) is 11.5 Å². The van der Waals surface area contributed by atoms with Crippen LogP contribution in [0.2, 0.25) is 0 Å². The maximum absolute atomic E-state index is 12.8. The van der Waals surface area contributed by atoms with E-state index >= 15 is 0 Å². The van der Waals surface area contributed by atoms with E-state index in [9.17, 15) is 9.50 Å². The van der Waals surface area contributed by atoms with Crippen molar-refractivity contribution >= 4 is 0 Å². The van der Waals surface area contributed by atoms with Gasteiger partial charge in [0.2, 0.25) is 0 Å². The lowest BCUT2D eigenvalue weighted by Gasteiger charge is -2.43. The molecule has 2 heterocycles. The second-order valence-corrected chi connectivity index (χ2v) is 5.16. The summed E-state index contributed by atoms with van der Waals surface area (Å²) < 4.78 is 17.9. The molecule has 0 atom stereocenters. The van der Waals surface area contributed by atoms with Crippen molar-refractivity contribution in [2.45, 2.75) is 19.1 Å². The zero-order valence-electron chi connectivity index (χ0n) is 10.5. The van der Waals surface area contributed by atoms with E-state index in [4.69, 9.17) is 4.52 Å². The molecule has 19 heavy (non-hydrogen) atoms. The first-order valence-electron chi connectivity index (χ1n) is 6.05. The van der Waals surface area contributed by atoms with E-state index in [-0.39, 0.29) is 5.82 Å². The minimum absolute atomic E-state index is 0.300. The SMILES string of the molecule is CC1(O)CN(Cc2noc(-c3ccc(F)cc3)n2)C1. The van der Waals surface area contributed by atoms with Crippen molar-refractivity contribution in [2.24, 2.45) is 0 Å². The van der Waals surface area contributed by atoms with E-state index in [0.29, 0.717) is 36.9 Å². The van der Waals surface area contributed by atoms with Crippen LogP contribution in [0, 0.1) is 5.82 Å². The summed E-state index contributed by atoms with van der Waals surface area (Å²) in [7, 11) is 0. The van der Waals surface area contributed by atoms with E-state index in [2.05, 4.69) is 10.1 Å². The maximum atomic E-state index is 12.8. The minimum atomic E-state index is -0.608. The second-order valence-electron chi connectivity index (χ2n) is 5.16. The fourth-order valence-corrected chi connectivity index (χ4v) is 2.26. The molecule has 5 nitrogen and oxygen atoms in total. The highest BCUT2D eigenvalue weighted by Crippen LogP contribution is 2.22. The molecule has 0 aliphatic carbocycles. The molecule has 0 amide bonds. The molecule has 0 unspecified atom stereocenters. The van der Waals surface area contributed by atoms with E-state index in [0.717, 1.165) is 0 Å². The summed E-state index contributed by atoms with van der Waals surface area (Å²) >= 11 is 0. The monoisotopic (exact) mass is 263 g/mol. The predicted octanol–water partition coefficient (Wildman–Crippen LogP) is 1.44. The first kappa shape index (κ1) is 12.3. The highest BCUT2D eigenvalue weighted by molar-refractivity contribution is 5.52. The maximum Gasteiger partial charge on any atom is 0.257 e. The Bertz CT molecular complexity index is 572. The average molecular weight is 263 g/mol. The Morgan fingerprint density at radius 3 is 2.68 bits per heavy atom. The van der Waals surface area contributed by atoms with Crippen LogP contribution in [-0.4, -0.2) is 38.8 Å². The highest BCUT2D eigenvalue weighted by atomic mass is 19.1. The van der Waals surface area contributed by atoms with Crippen molar-refractivity contribution in [1.82, 2.24) is 15.0 Å². The molecule has 0 saturated carbocycles. The van der Waals surface area contributed by atoms with Crippen LogP contribution < -0.4 is 0 Å². The third-order valence-electron chi connectivity index (χ3n) is 3.05. The Morgan fingerprint density at radius 1 is 1.37 bits per heavy atom. The molecule has 0 radical (unpaired) electrons. The first-order valence-corrected chi connectivity index (χ1v) is 6.05. The number of aromatic nitrogens is 2. The van der Waals surface area contributed by atoms with E-state index in [1.54, 1.807) is 19.1 Å². The summed E-state index contributed by atoms with van der Waals surface area (Å²) in [5.41, 5.74) is 0.0829. The number of hydrogen-bond donors (Lipinski definition) is 1. The van der Waals surface area contributed by atoms with Crippen molar-refractivity contribution < 1.29 is 14.0 Å². The van der Waals surface area contributed by atoms with E-state index < -0.39 is 5.60 Å². The first-order chi connectivity index (χ1) is 9.02. The number of nitrogens with zero attached hydrogens (tertiary/aromatic N) is 3. The molecule has 0 bridgehead atoms. The Balaban J connectivity index is 1.68. The molecule has 100 valence electrons. The molecular formula is C13H14FN3O2. The molecule has 1 aliphatic rings. The van der Waals surface area contributed by atoms with Gasteiger partial charge in [-0.05, 0) is 31.2 Å². The minimum Gasteiger partial charge on any atom is -0.388 e. The third kappa shape index (κ3) is 2.64. The summed E-state index contributed by atoms with van der Waals surface area (Å²) in [6.45, 7) is 3.55. The molecule has 1 aromatic heterocycles. The van der Waals surface area contributed by atoms with Gasteiger partial charge >= 0.3 is 0 Å². The summed E-state index contributed by atoms with van der Waals surface area (Å²) in [5.74, 6) is 0.642. The van der Waals surface area contributed by atoms with Crippen LogP contribution in [0.4, 0.5) is 4.39 Å². The molecule has 2 aromatic rings. The average Bonchev–Trinajstić information content (AvgIpc) is 2.76. The molecule has 1 N–H and O–H groups in total. The smallest absolute Gasteiger partial charge is 0.257 e. The molecule has 1 aliphatic heterocycles. The van der Waals surface area contributed by atoms with Gasteiger partial charge in [0.15, 0.2) is 5.82 Å². The Hall–Kier alpha value is -1.79. The number of benzene rings is 1. The van der Waals surface area contributed by atoms with Gasteiger partial charge in [-0.1, -0.05) is 5.16 Å². The van der Waals surface area contributed by atoms with Crippen LogP contribution in [0.5, 0.6) is 0 Å². The van der Waals surface area contributed by atoms with Gasteiger partial charge in [0.05, 0.1) is 12.1 Å². The standard InChI is InChI=1S/C13H14FN3O2/c1-13(18)7-17(8-13)6-11-15-12(19-16-11)9-2-4-10(14)5-3-9/h2-5,18H,6-8H2,1H3. The lowest BCUT2D eigenvalue weighted by atomic mass is 9.97. The molecule has 6 heteroatoms. The van der Waals surface area contributed by atoms with Crippen LogP contribution in [0.1, 0.15) is 12.7 Å². The van der Waals surface area contributed by atoms with Gasteiger partial charge in [-0.25, -0.2) is 4.39 Å². The molecule has 1 saturated heterocycles. The molecule has 3 rings (SSSR count). The number of hydrogen-bond acceptors (Lipinski definition) is 5. The van der Waals surface area contributed by atoms with Gasteiger partial charge in [-0.3, -0.25) is 4.90 Å². The Kier molecular flexibility index (Phi) is 2.83.